The monoisotopic (exact) mass is 271 g/mol. The molecule has 0 aliphatic heterocycles. The molecule has 2 saturated carbocycles. The van der Waals surface area contributed by atoms with Crippen molar-refractivity contribution in [3.05, 3.63) is 35.9 Å². The maximum absolute atomic E-state index is 3.66. The van der Waals surface area contributed by atoms with Crippen molar-refractivity contribution >= 4 is 0 Å². The van der Waals surface area contributed by atoms with Gasteiger partial charge in [-0.1, -0.05) is 44.2 Å². The van der Waals surface area contributed by atoms with Crippen molar-refractivity contribution in [3.8, 4) is 0 Å². The van der Waals surface area contributed by atoms with Gasteiger partial charge in [-0.3, -0.25) is 0 Å². The smallest absolute Gasteiger partial charge is 0.00149 e. The molecule has 0 heterocycles. The van der Waals surface area contributed by atoms with Crippen LogP contribution in [-0.4, -0.2) is 13.1 Å². The van der Waals surface area contributed by atoms with Gasteiger partial charge in [0.25, 0.3) is 0 Å². The number of hydrogen-bond acceptors (Lipinski definition) is 1. The molecule has 110 valence electrons. The van der Waals surface area contributed by atoms with Crippen molar-refractivity contribution < 1.29 is 0 Å². The van der Waals surface area contributed by atoms with Crippen LogP contribution in [0, 0.1) is 17.3 Å². The van der Waals surface area contributed by atoms with Crippen LogP contribution in [0.5, 0.6) is 0 Å². The van der Waals surface area contributed by atoms with Crippen molar-refractivity contribution in [1.82, 2.24) is 5.32 Å². The van der Waals surface area contributed by atoms with Crippen LogP contribution in [0.1, 0.15) is 57.4 Å². The van der Waals surface area contributed by atoms with Crippen LogP contribution in [0.15, 0.2) is 30.3 Å². The Kier molecular flexibility index (Phi) is 4.16. The van der Waals surface area contributed by atoms with Gasteiger partial charge in [-0.2, -0.15) is 0 Å². The topological polar surface area (TPSA) is 12.0 Å². The molecule has 2 fully saturated rings. The highest BCUT2D eigenvalue weighted by molar-refractivity contribution is 5.21. The Balaban J connectivity index is 1.46. The van der Waals surface area contributed by atoms with Gasteiger partial charge in [0, 0.05) is 0 Å². The number of benzene rings is 1. The van der Waals surface area contributed by atoms with Gasteiger partial charge in [0.1, 0.15) is 0 Å². The second-order valence-electron chi connectivity index (χ2n) is 7.50. The molecule has 3 rings (SSSR count). The molecule has 1 N–H and O–H groups in total. The van der Waals surface area contributed by atoms with Gasteiger partial charge < -0.3 is 5.32 Å². The molecule has 1 nitrogen and oxygen atoms in total. The summed E-state index contributed by atoms with van der Waals surface area (Å²) in [5.74, 6) is 2.57. The Morgan fingerprint density at radius 3 is 2.50 bits per heavy atom. The van der Waals surface area contributed by atoms with Crippen molar-refractivity contribution in [2.24, 2.45) is 17.3 Å². The van der Waals surface area contributed by atoms with Gasteiger partial charge in [0.05, 0.1) is 0 Å². The van der Waals surface area contributed by atoms with Gasteiger partial charge >= 0.3 is 0 Å². The predicted octanol–water partition coefficient (Wildman–Crippen LogP) is 4.60. The summed E-state index contributed by atoms with van der Waals surface area (Å²) >= 11 is 0. The Morgan fingerprint density at radius 2 is 1.85 bits per heavy atom. The fourth-order valence-corrected chi connectivity index (χ4v) is 4.13. The van der Waals surface area contributed by atoms with E-state index in [0.29, 0.717) is 0 Å². The molecule has 0 radical (unpaired) electrons. The summed E-state index contributed by atoms with van der Waals surface area (Å²) in [7, 11) is 0. The summed E-state index contributed by atoms with van der Waals surface area (Å²) in [5.41, 5.74) is 2.30. The molecular formula is C19H29N. The van der Waals surface area contributed by atoms with Crippen LogP contribution in [-0.2, 0) is 0 Å². The lowest BCUT2D eigenvalue weighted by atomic mass is 9.76. The van der Waals surface area contributed by atoms with E-state index in [1.807, 2.05) is 0 Å². The van der Waals surface area contributed by atoms with Crippen molar-refractivity contribution in [1.29, 1.82) is 0 Å². The number of hydrogen-bond donors (Lipinski definition) is 1. The molecule has 0 saturated heterocycles. The molecule has 1 atom stereocenters. The average molecular weight is 271 g/mol. The van der Waals surface area contributed by atoms with E-state index in [2.05, 4.69) is 49.5 Å². The third-order valence-electron chi connectivity index (χ3n) is 5.55. The Bertz CT molecular complexity index is 415. The Hall–Kier alpha value is -0.820. The van der Waals surface area contributed by atoms with Gasteiger partial charge in [-0.25, -0.2) is 0 Å². The largest absolute Gasteiger partial charge is 0.316 e. The molecule has 0 amide bonds. The van der Waals surface area contributed by atoms with E-state index in [0.717, 1.165) is 23.2 Å². The van der Waals surface area contributed by atoms with Crippen LogP contribution < -0.4 is 5.32 Å². The number of rotatable bonds is 5. The van der Waals surface area contributed by atoms with E-state index in [-0.39, 0.29) is 0 Å². The zero-order chi connectivity index (χ0) is 14.0. The lowest BCUT2D eigenvalue weighted by Crippen LogP contribution is -2.25. The predicted molar refractivity (Wildman–Crippen MR) is 85.9 cm³/mol. The first-order chi connectivity index (χ1) is 9.70. The highest BCUT2D eigenvalue weighted by atomic mass is 14.9. The van der Waals surface area contributed by atoms with Gasteiger partial charge in [0.15, 0.2) is 0 Å². The van der Waals surface area contributed by atoms with Crippen LogP contribution >= 0.6 is 0 Å². The van der Waals surface area contributed by atoms with Crippen molar-refractivity contribution in [2.45, 2.75) is 51.9 Å². The zero-order valence-electron chi connectivity index (χ0n) is 13.1. The van der Waals surface area contributed by atoms with E-state index in [1.165, 1.54) is 45.2 Å². The molecule has 1 spiro atoms. The molecule has 1 aromatic rings. The summed E-state index contributed by atoms with van der Waals surface area (Å²) in [6.07, 6.45) is 7.22. The van der Waals surface area contributed by atoms with Crippen LogP contribution in [0.2, 0.25) is 0 Å². The minimum absolute atomic E-state index is 0.731. The lowest BCUT2D eigenvalue weighted by molar-refractivity contribution is 0.278. The first-order valence-electron chi connectivity index (χ1n) is 8.45. The van der Waals surface area contributed by atoms with E-state index in [9.17, 15) is 0 Å². The van der Waals surface area contributed by atoms with Crippen molar-refractivity contribution in [2.75, 3.05) is 13.1 Å². The Morgan fingerprint density at radius 1 is 1.15 bits per heavy atom. The van der Waals surface area contributed by atoms with Crippen LogP contribution in [0.25, 0.3) is 0 Å². The Labute approximate surface area is 124 Å². The summed E-state index contributed by atoms with van der Waals surface area (Å²) in [4.78, 5) is 0. The van der Waals surface area contributed by atoms with E-state index in [4.69, 9.17) is 0 Å². The zero-order valence-corrected chi connectivity index (χ0v) is 13.1. The first kappa shape index (κ1) is 14.1. The van der Waals surface area contributed by atoms with Crippen LogP contribution in [0.3, 0.4) is 0 Å². The molecule has 1 heteroatoms. The van der Waals surface area contributed by atoms with Gasteiger partial charge in [0.2, 0.25) is 0 Å². The first-order valence-corrected chi connectivity index (χ1v) is 8.45. The van der Waals surface area contributed by atoms with E-state index >= 15 is 0 Å². The average Bonchev–Trinajstić information content (AvgIpc) is 3.12. The molecule has 0 aromatic heterocycles. The fourth-order valence-electron chi connectivity index (χ4n) is 4.13. The number of nitrogens with one attached hydrogen (secondary N) is 1. The standard InChI is InChI=1S/C19H29N/c1-15(2)13-20-14-18-12-19(18)10-8-17(9-11-19)16-6-4-3-5-7-16/h3-7,15,17-18,20H,8-14H2,1-2H3. The highest BCUT2D eigenvalue weighted by Crippen LogP contribution is 2.62. The maximum atomic E-state index is 3.66. The second-order valence-corrected chi connectivity index (χ2v) is 7.50. The van der Waals surface area contributed by atoms with Gasteiger partial charge in [-0.15, -0.1) is 0 Å². The maximum Gasteiger partial charge on any atom is -0.00149 e. The molecule has 20 heavy (non-hydrogen) atoms. The van der Waals surface area contributed by atoms with Crippen molar-refractivity contribution in [3.63, 3.8) is 0 Å². The summed E-state index contributed by atoms with van der Waals surface area (Å²) in [6.45, 7) is 7.02. The minimum Gasteiger partial charge on any atom is -0.316 e. The third-order valence-corrected chi connectivity index (χ3v) is 5.55. The third kappa shape index (κ3) is 3.09. The van der Waals surface area contributed by atoms with E-state index in [1.54, 1.807) is 5.56 Å². The molecule has 1 unspecified atom stereocenters. The lowest BCUT2D eigenvalue weighted by Gasteiger charge is -2.30. The molecule has 2 aliphatic rings. The summed E-state index contributed by atoms with van der Waals surface area (Å²) in [5, 5.41) is 3.66. The van der Waals surface area contributed by atoms with Crippen LogP contribution in [0.4, 0.5) is 0 Å². The normalized spacial score (nSPS) is 32.8. The highest BCUT2D eigenvalue weighted by Gasteiger charge is 2.54. The summed E-state index contributed by atoms with van der Waals surface area (Å²) < 4.78 is 0. The summed E-state index contributed by atoms with van der Waals surface area (Å²) in [6, 6.07) is 11.1. The molecule has 2 aliphatic carbocycles. The second kappa shape index (κ2) is 5.89. The molecular weight excluding hydrogens is 242 g/mol. The quantitative estimate of drug-likeness (QED) is 0.825. The molecule has 0 bridgehead atoms. The molecule has 1 aromatic carbocycles. The SMILES string of the molecule is CC(C)CNCC1CC12CCC(c1ccccc1)CC2. The van der Waals surface area contributed by atoms with E-state index < -0.39 is 0 Å². The minimum atomic E-state index is 0.731. The van der Waals surface area contributed by atoms with Gasteiger partial charge in [-0.05, 0) is 73.9 Å². The fraction of sp³-hybridized carbons (Fsp3) is 0.684.